The zero-order valence-electron chi connectivity index (χ0n) is 17.1. The number of anilines is 1. The van der Waals surface area contributed by atoms with E-state index in [9.17, 15) is 9.59 Å². The quantitative estimate of drug-likeness (QED) is 0.394. The minimum absolute atomic E-state index is 0.191. The summed E-state index contributed by atoms with van der Waals surface area (Å²) in [5, 5.41) is 7.97. The van der Waals surface area contributed by atoms with Crippen molar-refractivity contribution in [2.24, 2.45) is 0 Å². The average molecular weight is 467 g/mol. The van der Waals surface area contributed by atoms with Gasteiger partial charge in [0.15, 0.2) is 0 Å². The van der Waals surface area contributed by atoms with Crippen LogP contribution in [0.3, 0.4) is 0 Å². The second kappa shape index (κ2) is 9.84. The van der Waals surface area contributed by atoms with Crippen molar-refractivity contribution in [1.29, 1.82) is 0 Å². The SMILES string of the molecule is Cc1cc(CSc2ncccc2C(=O)Nc2ccc(=O)n(Cc3ccccc3Cl)c2)no1. The highest BCUT2D eigenvalue weighted by Gasteiger charge is 2.15. The number of nitrogens with zero attached hydrogens (tertiary/aromatic N) is 3. The van der Waals surface area contributed by atoms with Crippen LogP contribution in [0.1, 0.15) is 27.4 Å². The third-order valence-corrected chi connectivity index (χ3v) is 6.00. The third kappa shape index (κ3) is 5.27. The van der Waals surface area contributed by atoms with Crippen LogP contribution in [0.15, 0.2) is 81.3 Å². The lowest BCUT2D eigenvalue weighted by Crippen LogP contribution is -2.21. The van der Waals surface area contributed by atoms with Crippen molar-refractivity contribution in [3.63, 3.8) is 0 Å². The number of aromatic nitrogens is 3. The fourth-order valence-corrected chi connectivity index (χ4v) is 4.11. The number of pyridine rings is 2. The number of hydrogen-bond acceptors (Lipinski definition) is 6. The third-order valence-electron chi connectivity index (χ3n) is 4.59. The maximum absolute atomic E-state index is 13.0. The molecule has 0 atom stereocenters. The molecule has 1 aromatic carbocycles. The maximum Gasteiger partial charge on any atom is 0.258 e. The molecule has 32 heavy (non-hydrogen) atoms. The normalized spacial score (nSPS) is 10.8. The second-order valence-corrected chi connectivity index (χ2v) is 8.37. The molecule has 9 heteroatoms. The Hall–Kier alpha value is -3.36. The van der Waals surface area contributed by atoms with E-state index in [1.807, 2.05) is 31.2 Å². The predicted octanol–water partition coefficient (Wildman–Crippen LogP) is 4.79. The Bertz CT molecular complexity index is 1320. The van der Waals surface area contributed by atoms with Gasteiger partial charge in [-0.25, -0.2) is 4.98 Å². The largest absolute Gasteiger partial charge is 0.361 e. The van der Waals surface area contributed by atoms with Crippen LogP contribution in [-0.2, 0) is 12.3 Å². The summed E-state index contributed by atoms with van der Waals surface area (Å²) in [5.74, 6) is 0.934. The number of carbonyl (C=O) groups is 1. The molecule has 0 radical (unpaired) electrons. The van der Waals surface area contributed by atoms with E-state index in [1.54, 1.807) is 36.7 Å². The smallest absolute Gasteiger partial charge is 0.258 e. The van der Waals surface area contributed by atoms with Crippen LogP contribution in [0.4, 0.5) is 5.69 Å². The Kier molecular flexibility index (Phi) is 6.72. The highest BCUT2D eigenvalue weighted by Crippen LogP contribution is 2.25. The summed E-state index contributed by atoms with van der Waals surface area (Å²) in [6.07, 6.45) is 3.24. The number of amides is 1. The van der Waals surface area contributed by atoms with E-state index in [-0.39, 0.29) is 11.5 Å². The van der Waals surface area contributed by atoms with E-state index in [1.165, 1.54) is 22.4 Å². The molecule has 162 valence electrons. The summed E-state index contributed by atoms with van der Waals surface area (Å²) in [7, 11) is 0. The van der Waals surface area contributed by atoms with Crippen LogP contribution in [0.5, 0.6) is 0 Å². The molecule has 0 aliphatic rings. The molecule has 0 saturated carbocycles. The van der Waals surface area contributed by atoms with Crippen LogP contribution in [-0.4, -0.2) is 20.6 Å². The molecule has 0 saturated heterocycles. The van der Waals surface area contributed by atoms with Gasteiger partial charge < -0.3 is 14.4 Å². The average Bonchev–Trinajstić information content (AvgIpc) is 3.21. The van der Waals surface area contributed by atoms with Gasteiger partial charge in [0.2, 0.25) is 0 Å². The van der Waals surface area contributed by atoms with Crippen LogP contribution < -0.4 is 10.9 Å². The van der Waals surface area contributed by atoms with Gasteiger partial charge in [-0.1, -0.05) is 46.7 Å². The van der Waals surface area contributed by atoms with E-state index < -0.39 is 0 Å². The van der Waals surface area contributed by atoms with Crippen molar-refractivity contribution in [2.75, 3.05) is 5.32 Å². The van der Waals surface area contributed by atoms with Crippen molar-refractivity contribution in [1.82, 2.24) is 14.7 Å². The molecule has 0 spiro atoms. The molecule has 0 fully saturated rings. The van der Waals surface area contributed by atoms with Gasteiger partial charge in [0.05, 0.1) is 23.5 Å². The molecule has 1 N–H and O–H groups in total. The molecule has 1 amide bonds. The predicted molar refractivity (Wildman–Crippen MR) is 124 cm³/mol. The highest BCUT2D eigenvalue weighted by molar-refractivity contribution is 7.98. The van der Waals surface area contributed by atoms with Crippen LogP contribution in [0, 0.1) is 6.92 Å². The highest BCUT2D eigenvalue weighted by atomic mass is 35.5. The first-order valence-corrected chi connectivity index (χ1v) is 11.1. The molecule has 0 aliphatic carbocycles. The molecule has 0 aliphatic heterocycles. The summed E-state index contributed by atoms with van der Waals surface area (Å²) in [6.45, 7) is 2.12. The number of nitrogens with one attached hydrogen (secondary N) is 1. The van der Waals surface area contributed by atoms with E-state index in [2.05, 4.69) is 15.5 Å². The summed E-state index contributed by atoms with van der Waals surface area (Å²) >= 11 is 7.62. The molecular formula is C23H19ClN4O3S. The minimum Gasteiger partial charge on any atom is -0.361 e. The topological polar surface area (TPSA) is 90.0 Å². The molecule has 0 bridgehead atoms. The van der Waals surface area contributed by atoms with Gasteiger partial charge in [-0.05, 0) is 36.8 Å². The molecule has 4 aromatic rings. The van der Waals surface area contributed by atoms with Crippen molar-refractivity contribution < 1.29 is 9.32 Å². The number of carbonyl (C=O) groups excluding carboxylic acids is 1. The first kappa shape index (κ1) is 21.9. The lowest BCUT2D eigenvalue weighted by atomic mass is 10.2. The summed E-state index contributed by atoms with van der Waals surface area (Å²) in [4.78, 5) is 29.6. The number of halogens is 1. The van der Waals surface area contributed by atoms with Gasteiger partial charge in [0.25, 0.3) is 11.5 Å². The van der Waals surface area contributed by atoms with Crippen LogP contribution in [0.25, 0.3) is 0 Å². The van der Waals surface area contributed by atoms with Crippen LogP contribution >= 0.6 is 23.4 Å². The lowest BCUT2D eigenvalue weighted by molar-refractivity contribution is 0.102. The summed E-state index contributed by atoms with van der Waals surface area (Å²) in [5.41, 5.74) is 2.32. The minimum atomic E-state index is -0.320. The van der Waals surface area contributed by atoms with Gasteiger partial charge >= 0.3 is 0 Å². The van der Waals surface area contributed by atoms with Crippen molar-refractivity contribution in [3.05, 3.63) is 105 Å². The number of benzene rings is 1. The second-order valence-electron chi connectivity index (χ2n) is 7.00. The van der Waals surface area contributed by atoms with E-state index >= 15 is 0 Å². The van der Waals surface area contributed by atoms with Gasteiger partial charge in [-0.15, -0.1) is 0 Å². The lowest BCUT2D eigenvalue weighted by Gasteiger charge is -2.12. The molecule has 3 heterocycles. The molecule has 7 nitrogen and oxygen atoms in total. The van der Waals surface area contributed by atoms with E-state index in [0.717, 1.165) is 17.0 Å². The zero-order chi connectivity index (χ0) is 22.5. The van der Waals surface area contributed by atoms with E-state index in [4.69, 9.17) is 16.1 Å². The standard InChI is InChI=1S/C23H19ClN4O3S/c1-15-11-18(27-31-15)14-32-23-19(6-4-10-25-23)22(30)26-17-8-9-21(29)28(13-17)12-16-5-2-3-7-20(16)24/h2-11,13H,12,14H2,1H3,(H,26,30). The number of thioether (sulfide) groups is 1. The van der Waals surface area contributed by atoms with Crippen molar-refractivity contribution in [3.8, 4) is 0 Å². The maximum atomic E-state index is 13.0. The van der Waals surface area contributed by atoms with E-state index in [0.29, 0.717) is 33.6 Å². The Morgan fingerprint density at radius 1 is 1.19 bits per heavy atom. The summed E-state index contributed by atoms with van der Waals surface area (Å²) in [6, 6.07) is 15.6. The first-order valence-electron chi connectivity index (χ1n) is 9.75. The fraction of sp³-hybridized carbons (Fsp3) is 0.130. The monoisotopic (exact) mass is 466 g/mol. The Morgan fingerprint density at radius 3 is 2.81 bits per heavy atom. The number of aryl methyl sites for hydroxylation is 1. The van der Waals surface area contributed by atoms with Crippen molar-refractivity contribution >= 4 is 35.0 Å². The first-order chi connectivity index (χ1) is 15.5. The summed E-state index contributed by atoms with van der Waals surface area (Å²) < 4.78 is 6.58. The fourth-order valence-electron chi connectivity index (χ4n) is 3.04. The molecule has 0 unspecified atom stereocenters. The Balaban J connectivity index is 1.51. The molecule has 4 rings (SSSR count). The molecular weight excluding hydrogens is 448 g/mol. The zero-order valence-corrected chi connectivity index (χ0v) is 18.7. The van der Waals surface area contributed by atoms with Gasteiger partial charge in [0.1, 0.15) is 10.8 Å². The van der Waals surface area contributed by atoms with Gasteiger partial charge in [-0.3, -0.25) is 9.59 Å². The van der Waals surface area contributed by atoms with Crippen molar-refractivity contribution in [2.45, 2.75) is 24.2 Å². The van der Waals surface area contributed by atoms with Crippen LogP contribution in [0.2, 0.25) is 5.02 Å². The van der Waals surface area contributed by atoms with Gasteiger partial charge in [-0.2, -0.15) is 0 Å². The Labute approximate surface area is 193 Å². The molecule has 3 aromatic heterocycles. The number of rotatable bonds is 7. The Morgan fingerprint density at radius 2 is 2.03 bits per heavy atom. The number of hydrogen-bond donors (Lipinski definition) is 1. The van der Waals surface area contributed by atoms with Gasteiger partial charge in [0, 0.05) is 35.3 Å².